The summed E-state index contributed by atoms with van der Waals surface area (Å²) in [5.74, 6) is 0.904. The Hall–Kier alpha value is -1.49. The number of rotatable bonds is 2. The molecule has 5 heteroatoms. The SMILES string of the molecule is Cc1nnc(Sc2cccc(N)c2)n1C. The van der Waals surface area contributed by atoms with Crippen LogP contribution < -0.4 is 5.73 Å². The molecule has 0 saturated heterocycles. The summed E-state index contributed by atoms with van der Waals surface area (Å²) in [5, 5.41) is 8.94. The first-order valence-electron chi connectivity index (χ1n) is 4.56. The van der Waals surface area contributed by atoms with Gasteiger partial charge in [-0.05, 0) is 36.9 Å². The molecule has 0 aliphatic rings. The summed E-state index contributed by atoms with van der Waals surface area (Å²) >= 11 is 1.56. The van der Waals surface area contributed by atoms with Gasteiger partial charge in [-0.3, -0.25) is 0 Å². The topological polar surface area (TPSA) is 56.7 Å². The highest BCUT2D eigenvalue weighted by molar-refractivity contribution is 7.99. The van der Waals surface area contributed by atoms with Crippen LogP contribution in [-0.2, 0) is 7.05 Å². The van der Waals surface area contributed by atoms with Crippen molar-refractivity contribution in [3.63, 3.8) is 0 Å². The van der Waals surface area contributed by atoms with Crippen LogP contribution in [0.4, 0.5) is 5.69 Å². The quantitative estimate of drug-likeness (QED) is 0.785. The Morgan fingerprint density at radius 1 is 1.33 bits per heavy atom. The zero-order valence-electron chi connectivity index (χ0n) is 8.64. The van der Waals surface area contributed by atoms with E-state index in [9.17, 15) is 0 Å². The predicted molar refractivity (Wildman–Crippen MR) is 60.7 cm³/mol. The summed E-state index contributed by atoms with van der Waals surface area (Å²) in [6.07, 6.45) is 0. The highest BCUT2D eigenvalue weighted by atomic mass is 32.2. The van der Waals surface area contributed by atoms with Crippen LogP contribution in [0.1, 0.15) is 5.82 Å². The van der Waals surface area contributed by atoms with E-state index in [0.717, 1.165) is 21.6 Å². The summed E-state index contributed by atoms with van der Waals surface area (Å²) in [4.78, 5) is 1.07. The van der Waals surface area contributed by atoms with Crippen molar-refractivity contribution < 1.29 is 0 Å². The van der Waals surface area contributed by atoms with E-state index >= 15 is 0 Å². The molecular weight excluding hydrogens is 208 g/mol. The van der Waals surface area contributed by atoms with E-state index in [1.807, 2.05) is 42.8 Å². The predicted octanol–water partition coefficient (Wildman–Crippen LogP) is 1.86. The van der Waals surface area contributed by atoms with Gasteiger partial charge in [0.1, 0.15) is 5.82 Å². The monoisotopic (exact) mass is 220 g/mol. The van der Waals surface area contributed by atoms with Crippen LogP contribution in [0.3, 0.4) is 0 Å². The molecule has 2 rings (SSSR count). The number of aryl methyl sites for hydroxylation is 1. The molecule has 0 atom stereocenters. The van der Waals surface area contributed by atoms with Gasteiger partial charge in [-0.2, -0.15) is 0 Å². The first-order chi connectivity index (χ1) is 7.16. The van der Waals surface area contributed by atoms with E-state index in [1.165, 1.54) is 0 Å². The average Bonchev–Trinajstić information content (AvgIpc) is 2.50. The second-order valence-corrected chi connectivity index (χ2v) is 4.30. The van der Waals surface area contributed by atoms with Crippen molar-refractivity contribution in [1.29, 1.82) is 0 Å². The average molecular weight is 220 g/mol. The van der Waals surface area contributed by atoms with E-state index in [2.05, 4.69) is 10.2 Å². The van der Waals surface area contributed by atoms with Crippen LogP contribution in [0.2, 0.25) is 0 Å². The van der Waals surface area contributed by atoms with Crippen LogP contribution in [-0.4, -0.2) is 14.8 Å². The van der Waals surface area contributed by atoms with Gasteiger partial charge < -0.3 is 10.3 Å². The molecule has 78 valence electrons. The molecule has 2 aromatic rings. The molecule has 0 radical (unpaired) electrons. The van der Waals surface area contributed by atoms with Gasteiger partial charge in [-0.15, -0.1) is 10.2 Å². The number of hydrogen-bond donors (Lipinski definition) is 1. The third-order valence-electron chi connectivity index (χ3n) is 2.12. The lowest BCUT2D eigenvalue weighted by Crippen LogP contribution is -1.93. The second-order valence-electron chi connectivity index (χ2n) is 3.26. The lowest BCUT2D eigenvalue weighted by molar-refractivity contribution is 0.765. The lowest BCUT2D eigenvalue weighted by atomic mass is 10.3. The van der Waals surface area contributed by atoms with Gasteiger partial charge in [0.15, 0.2) is 5.16 Å². The Morgan fingerprint density at radius 3 is 2.73 bits per heavy atom. The van der Waals surface area contributed by atoms with Crippen molar-refractivity contribution in [2.24, 2.45) is 7.05 Å². The Morgan fingerprint density at radius 2 is 2.13 bits per heavy atom. The fourth-order valence-electron chi connectivity index (χ4n) is 1.16. The number of nitrogens with two attached hydrogens (primary N) is 1. The molecule has 2 N–H and O–H groups in total. The molecule has 1 aromatic carbocycles. The van der Waals surface area contributed by atoms with Gasteiger partial charge in [-0.1, -0.05) is 6.07 Å². The molecule has 0 bridgehead atoms. The van der Waals surface area contributed by atoms with E-state index < -0.39 is 0 Å². The maximum absolute atomic E-state index is 5.70. The van der Waals surface area contributed by atoms with Gasteiger partial charge in [0.2, 0.25) is 0 Å². The number of anilines is 1. The van der Waals surface area contributed by atoms with E-state index in [1.54, 1.807) is 11.8 Å². The minimum atomic E-state index is 0.763. The summed E-state index contributed by atoms with van der Waals surface area (Å²) < 4.78 is 1.95. The Bertz CT molecular complexity index is 478. The van der Waals surface area contributed by atoms with Gasteiger partial charge in [-0.25, -0.2) is 0 Å². The van der Waals surface area contributed by atoms with Crippen LogP contribution in [0, 0.1) is 6.92 Å². The molecule has 0 fully saturated rings. The zero-order chi connectivity index (χ0) is 10.8. The second kappa shape index (κ2) is 3.94. The molecule has 0 unspecified atom stereocenters. The van der Waals surface area contributed by atoms with E-state index in [0.29, 0.717) is 0 Å². The fourth-order valence-corrected chi connectivity index (χ4v) is 2.06. The van der Waals surface area contributed by atoms with E-state index in [4.69, 9.17) is 5.73 Å². The third kappa shape index (κ3) is 2.12. The number of nitrogen functional groups attached to an aromatic ring is 1. The molecule has 1 aromatic heterocycles. The molecule has 0 aliphatic carbocycles. The Kier molecular flexibility index (Phi) is 2.64. The minimum Gasteiger partial charge on any atom is -0.399 e. The first kappa shape index (κ1) is 10.0. The number of benzene rings is 1. The molecule has 15 heavy (non-hydrogen) atoms. The highest BCUT2D eigenvalue weighted by Crippen LogP contribution is 2.26. The Labute approximate surface area is 92.5 Å². The van der Waals surface area contributed by atoms with Crippen molar-refractivity contribution in [2.75, 3.05) is 5.73 Å². The summed E-state index contributed by atoms with van der Waals surface area (Å²) in [6, 6.07) is 7.73. The van der Waals surface area contributed by atoms with Crippen LogP contribution in [0.25, 0.3) is 0 Å². The highest BCUT2D eigenvalue weighted by Gasteiger charge is 2.06. The maximum Gasteiger partial charge on any atom is 0.195 e. The first-order valence-corrected chi connectivity index (χ1v) is 5.38. The smallest absolute Gasteiger partial charge is 0.195 e. The van der Waals surface area contributed by atoms with Crippen molar-refractivity contribution in [1.82, 2.24) is 14.8 Å². The van der Waals surface area contributed by atoms with Crippen LogP contribution in [0.5, 0.6) is 0 Å². The molecule has 4 nitrogen and oxygen atoms in total. The summed E-state index contributed by atoms with van der Waals surface area (Å²) in [6.45, 7) is 1.93. The zero-order valence-corrected chi connectivity index (χ0v) is 9.45. The molecule has 0 saturated carbocycles. The van der Waals surface area contributed by atoms with Gasteiger partial charge in [0, 0.05) is 17.6 Å². The van der Waals surface area contributed by atoms with Gasteiger partial charge in [0.05, 0.1) is 0 Å². The normalized spacial score (nSPS) is 10.5. The van der Waals surface area contributed by atoms with Gasteiger partial charge in [0.25, 0.3) is 0 Å². The van der Waals surface area contributed by atoms with Crippen molar-refractivity contribution >= 4 is 17.4 Å². The maximum atomic E-state index is 5.70. The van der Waals surface area contributed by atoms with E-state index in [-0.39, 0.29) is 0 Å². The largest absolute Gasteiger partial charge is 0.399 e. The summed E-state index contributed by atoms with van der Waals surface area (Å²) in [7, 11) is 1.95. The molecular formula is C10H12N4S. The van der Waals surface area contributed by atoms with Crippen LogP contribution >= 0.6 is 11.8 Å². The standard InChI is InChI=1S/C10H12N4S/c1-7-12-13-10(14(7)2)15-9-5-3-4-8(11)6-9/h3-6H,11H2,1-2H3. The van der Waals surface area contributed by atoms with Crippen LogP contribution in [0.15, 0.2) is 34.3 Å². The Balaban J connectivity index is 2.26. The number of nitrogens with zero attached hydrogens (tertiary/aromatic N) is 3. The van der Waals surface area contributed by atoms with Crippen molar-refractivity contribution in [3.8, 4) is 0 Å². The van der Waals surface area contributed by atoms with Gasteiger partial charge >= 0.3 is 0 Å². The molecule has 1 heterocycles. The fraction of sp³-hybridized carbons (Fsp3) is 0.200. The van der Waals surface area contributed by atoms with Crippen molar-refractivity contribution in [2.45, 2.75) is 17.0 Å². The lowest BCUT2D eigenvalue weighted by Gasteiger charge is -2.01. The molecule has 0 spiro atoms. The van der Waals surface area contributed by atoms with Crippen molar-refractivity contribution in [3.05, 3.63) is 30.1 Å². The molecule has 0 aliphatic heterocycles. The third-order valence-corrected chi connectivity index (χ3v) is 3.15. The minimum absolute atomic E-state index is 0.763. The molecule has 0 amide bonds. The summed E-state index contributed by atoms with van der Waals surface area (Å²) in [5.41, 5.74) is 6.46. The number of hydrogen-bond acceptors (Lipinski definition) is 4. The number of aromatic nitrogens is 3.